The molecule has 0 aliphatic carbocycles. The first-order valence-electron chi connectivity index (χ1n) is 6.58. The second kappa shape index (κ2) is 6.42. The molecule has 0 aliphatic rings. The molecule has 0 bridgehead atoms. The summed E-state index contributed by atoms with van der Waals surface area (Å²) in [4.78, 5) is 1.29. The Hall–Kier alpha value is -1.03. The Morgan fingerprint density at radius 3 is 2.58 bits per heavy atom. The van der Waals surface area contributed by atoms with E-state index in [0.717, 1.165) is 12.2 Å². The lowest BCUT2D eigenvalue weighted by Gasteiger charge is -2.26. The summed E-state index contributed by atoms with van der Waals surface area (Å²) in [6.07, 6.45) is 0.942. The molecule has 2 N–H and O–H groups in total. The highest BCUT2D eigenvalue weighted by molar-refractivity contribution is 7.99. The molecule has 2 rings (SSSR count). The molecule has 102 valence electrons. The molecule has 3 heteroatoms. The molecule has 1 unspecified atom stereocenters. The van der Waals surface area contributed by atoms with E-state index in [0.29, 0.717) is 0 Å². The van der Waals surface area contributed by atoms with Crippen LogP contribution in [-0.2, 0) is 0 Å². The van der Waals surface area contributed by atoms with Crippen LogP contribution < -0.4 is 5.32 Å². The van der Waals surface area contributed by atoms with E-state index in [-0.39, 0.29) is 12.1 Å². The van der Waals surface area contributed by atoms with Crippen molar-refractivity contribution in [1.82, 2.24) is 5.32 Å². The standard InChI is InChI=1S/C16H21NOS/c1-16(12-18,17-2)9-10-19-15-8-7-13-5-3-4-6-14(13)11-15/h3-8,11,17-18H,9-10,12H2,1-2H3. The molecule has 1 atom stereocenters. The lowest BCUT2D eigenvalue weighted by atomic mass is 10.0. The average Bonchev–Trinajstić information content (AvgIpc) is 2.47. The molecule has 19 heavy (non-hydrogen) atoms. The van der Waals surface area contributed by atoms with E-state index >= 15 is 0 Å². The number of likely N-dealkylation sites (N-methyl/N-ethyl adjacent to an activating group) is 1. The summed E-state index contributed by atoms with van der Waals surface area (Å²) < 4.78 is 0. The molecule has 0 aliphatic heterocycles. The van der Waals surface area contributed by atoms with Gasteiger partial charge in [-0.1, -0.05) is 30.3 Å². The van der Waals surface area contributed by atoms with Crippen LogP contribution in [0.3, 0.4) is 0 Å². The molecule has 0 amide bonds. The van der Waals surface area contributed by atoms with E-state index in [9.17, 15) is 5.11 Å². The van der Waals surface area contributed by atoms with Crippen LogP contribution in [0, 0.1) is 0 Å². The van der Waals surface area contributed by atoms with Crippen molar-refractivity contribution in [1.29, 1.82) is 0 Å². The zero-order valence-electron chi connectivity index (χ0n) is 11.5. The molecule has 2 nitrogen and oxygen atoms in total. The van der Waals surface area contributed by atoms with Crippen LogP contribution in [0.15, 0.2) is 47.4 Å². The Morgan fingerprint density at radius 2 is 1.89 bits per heavy atom. The van der Waals surface area contributed by atoms with Crippen molar-refractivity contribution in [3.05, 3.63) is 42.5 Å². The molecule has 0 saturated carbocycles. The number of hydrogen-bond acceptors (Lipinski definition) is 3. The van der Waals surface area contributed by atoms with Crippen molar-refractivity contribution < 1.29 is 5.11 Å². The molecule has 0 heterocycles. The molecule has 0 saturated heterocycles. The van der Waals surface area contributed by atoms with Crippen molar-refractivity contribution in [3.63, 3.8) is 0 Å². The summed E-state index contributed by atoms with van der Waals surface area (Å²) in [7, 11) is 1.90. The highest BCUT2D eigenvalue weighted by Gasteiger charge is 2.19. The lowest BCUT2D eigenvalue weighted by Crippen LogP contribution is -2.43. The van der Waals surface area contributed by atoms with Crippen LogP contribution in [0.25, 0.3) is 10.8 Å². The predicted octanol–water partition coefficient (Wildman–Crippen LogP) is 3.29. The minimum atomic E-state index is -0.177. The largest absolute Gasteiger partial charge is 0.394 e. The monoisotopic (exact) mass is 275 g/mol. The number of aliphatic hydroxyl groups is 1. The molecular weight excluding hydrogens is 254 g/mol. The van der Waals surface area contributed by atoms with Crippen molar-refractivity contribution in [2.24, 2.45) is 0 Å². The zero-order chi connectivity index (χ0) is 13.7. The average molecular weight is 275 g/mol. The number of aliphatic hydroxyl groups excluding tert-OH is 1. The van der Waals surface area contributed by atoms with Gasteiger partial charge in [-0.3, -0.25) is 0 Å². The maximum absolute atomic E-state index is 9.35. The van der Waals surface area contributed by atoms with E-state index in [1.54, 1.807) is 0 Å². The molecule has 0 spiro atoms. The van der Waals surface area contributed by atoms with Gasteiger partial charge >= 0.3 is 0 Å². The van der Waals surface area contributed by atoms with Gasteiger partial charge in [0.1, 0.15) is 0 Å². The first-order valence-corrected chi connectivity index (χ1v) is 7.57. The Morgan fingerprint density at radius 1 is 1.16 bits per heavy atom. The van der Waals surface area contributed by atoms with Gasteiger partial charge < -0.3 is 10.4 Å². The van der Waals surface area contributed by atoms with E-state index < -0.39 is 0 Å². The second-order valence-electron chi connectivity index (χ2n) is 5.08. The topological polar surface area (TPSA) is 32.3 Å². The molecule has 2 aromatic carbocycles. The fourth-order valence-electron chi connectivity index (χ4n) is 1.93. The highest BCUT2D eigenvalue weighted by atomic mass is 32.2. The Bertz CT molecular complexity index is 537. The van der Waals surface area contributed by atoms with Gasteiger partial charge in [0.15, 0.2) is 0 Å². The minimum Gasteiger partial charge on any atom is -0.394 e. The number of rotatable bonds is 6. The summed E-state index contributed by atoms with van der Waals surface area (Å²) in [5.74, 6) is 0.996. The number of fused-ring (bicyclic) bond motifs is 1. The van der Waals surface area contributed by atoms with Gasteiger partial charge in [0.05, 0.1) is 6.61 Å². The van der Waals surface area contributed by atoms with Crippen LogP contribution in [-0.4, -0.2) is 30.1 Å². The number of nitrogens with one attached hydrogen (secondary N) is 1. The van der Waals surface area contributed by atoms with Gasteiger partial charge in [-0.2, -0.15) is 0 Å². The normalized spacial score (nSPS) is 14.5. The summed E-state index contributed by atoms with van der Waals surface area (Å²) >= 11 is 1.84. The van der Waals surface area contributed by atoms with Crippen LogP contribution in [0.2, 0.25) is 0 Å². The van der Waals surface area contributed by atoms with Gasteiger partial charge in [0.25, 0.3) is 0 Å². The van der Waals surface area contributed by atoms with Crippen molar-refractivity contribution in [2.75, 3.05) is 19.4 Å². The predicted molar refractivity (Wildman–Crippen MR) is 83.8 cm³/mol. The van der Waals surface area contributed by atoms with Gasteiger partial charge in [-0.15, -0.1) is 11.8 Å². The number of benzene rings is 2. The summed E-state index contributed by atoms with van der Waals surface area (Å²) in [5.41, 5.74) is -0.177. The molecule has 0 fully saturated rings. The number of hydrogen-bond donors (Lipinski definition) is 2. The summed E-state index contributed by atoms with van der Waals surface area (Å²) in [5, 5.41) is 15.1. The SMILES string of the molecule is CNC(C)(CO)CCSc1ccc2ccccc2c1. The summed E-state index contributed by atoms with van der Waals surface area (Å²) in [6.45, 7) is 2.22. The third kappa shape index (κ3) is 3.72. The van der Waals surface area contributed by atoms with Gasteiger partial charge in [-0.25, -0.2) is 0 Å². The quantitative estimate of drug-likeness (QED) is 0.793. The fraction of sp³-hybridized carbons (Fsp3) is 0.375. The fourth-order valence-corrected chi connectivity index (χ4v) is 3.10. The van der Waals surface area contributed by atoms with E-state index in [4.69, 9.17) is 0 Å². The third-order valence-electron chi connectivity index (χ3n) is 3.60. The van der Waals surface area contributed by atoms with Crippen LogP contribution in [0.5, 0.6) is 0 Å². The smallest absolute Gasteiger partial charge is 0.0610 e. The maximum Gasteiger partial charge on any atom is 0.0610 e. The number of thioether (sulfide) groups is 1. The molecule has 2 aromatic rings. The summed E-state index contributed by atoms with van der Waals surface area (Å²) in [6, 6.07) is 15.0. The molecule has 0 radical (unpaired) electrons. The van der Waals surface area contributed by atoms with E-state index in [2.05, 4.69) is 47.8 Å². The van der Waals surface area contributed by atoms with Gasteiger partial charge in [-0.05, 0) is 49.1 Å². The van der Waals surface area contributed by atoms with Gasteiger partial charge in [0, 0.05) is 10.4 Å². The molecular formula is C16H21NOS. The first-order chi connectivity index (χ1) is 9.17. The second-order valence-corrected chi connectivity index (χ2v) is 6.24. The van der Waals surface area contributed by atoms with Crippen LogP contribution in [0.4, 0.5) is 0 Å². The first kappa shape index (κ1) is 14.4. The van der Waals surface area contributed by atoms with Crippen molar-refractivity contribution >= 4 is 22.5 Å². The molecule has 0 aromatic heterocycles. The third-order valence-corrected chi connectivity index (χ3v) is 4.59. The Labute approximate surface area is 119 Å². The maximum atomic E-state index is 9.35. The zero-order valence-corrected chi connectivity index (χ0v) is 12.3. The van der Waals surface area contributed by atoms with Crippen molar-refractivity contribution in [3.8, 4) is 0 Å². The van der Waals surface area contributed by atoms with Crippen LogP contribution in [0.1, 0.15) is 13.3 Å². The highest BCUT2D eigenvalue weighted by Crippen LogP contribution is 2.25. The van der Waals surface area contributed by atoms with E-state index in [1.807, 2.05) is 25.7 Å². The van der Waals surface area contributed by atoms with Crippen molar-refractivity contribution in [2.45, 2.75) is 23.8 Å². The van der Waals surface area contributed by atoms with E-state index in [1.165, 1.54) is 15.7 Å². The minimum absolute atomic E-state index is 0.168. The lowest BCUT2D eigenvalue weighted by molar-refractivity contribution is 0.179. The van der Waals surface area contributed by atoms with Gasteiger partial charge in [0.2, 0.25) is 0 Å². The van der Waals surface area contributed by atoms with Crippen LogP contribution >= 0.6 is 11.8 Å². The Kier molecular flexibility index (Phi) is 4.86. The Balaban J connectivity index is 1.98.